The summed E-state index contributed by atoms with van der Waals surface area (Å²) in [6, 6.07) is 83.2. The Morgan fingerprint density at radius 3 is 1.62 bits per heavy atom. The molecule has 0 aliphatic carbocycles. The number of nitrogens with zero attached hydrogens (tertiary/aromatic N) is 2. The summed E-state index contributed by atoms with van der Waals surface area (Å²) in [6.07, 6.45) is 0. The first-order valence-electron chi connectivity index (χ1n) is 20.8. The van der Waals surface area contributed by atoms with E-state index < -0.39 is 0 Å². The molecule has 0 atom stereocenters. The first-order chi connectivity index (χ1) is 30.2. The minimum absolute atomic E-state index is 0.900. The van der Waals surface area contributed by atoms with Gasteiger partial charge in [0.2, 0.25) is 0 Å². The van der Waals surface area contributed by atoms with Crippen molar-refractivity contribution in [3.63, 3.8) is 0 Å². The predicted molar refractivity (Wildman–Crippen MR) is 257 cm³/mol. The first kappa shape index (κ1) is 34.9. The molecule has 12 rings (SSSR count). The number of benzene rings is 10. The number of hydrogen-bond acceptors (Lipinski definition) is 2. The molecule has 286 valence electrons. The van der Waals surface area contributed by atoms with E-state index >= 15 is 0 Å². The lowest BCUT2D eigenvalue weighted by Crippen LogP contribution is -2.11. The SMILES string of the molecule is c1ccc(-c2ccc(-c3ccc4ccccc4c3)cc2N(c2ccc(-c3ccc4oc5ccccc5c4c3)cc2)c2ccc(-n3c4ccccc4c4ccccc43)cc2)cc1. The largest absolute Gasteiger partial charge is 0.456 e. The lowest BCUT2D eigenvalue weighted by molar-refractivity contribution is 0.669. The highest BCUT2D eigenvalue weighted by molar-refractivity contribution is 6.09. The molecular weight excluding hydrogens is 741 g/mol. The van der Waals surface area contributed by atoms with Crippen molar-refractivity contribution in [3.05, 3.63) is 231 Å². The highest BCUT2D eigenvalue weighted by Crippen LogP contribution is 2.44. The van der Waals surface area contributed by atoms with Crippen LogP contribution >= 0.6 is 0 Å². The van der Waals surface area contributed by atoms with E-state index in [0.717, 1.165) is 72.5 Å². The number of hydrogen-bond donors (Lipinski definition) is 0. The van der Waals surface area contributed by atoms with Crippen molar-refractivity contribution in [2.45, 2.75) is 0 Å². The fraction of sp³-hybridized carbons (Fsp3) is 0. The van der Waals surface area contributed by atoms with Crippen LogP contribution in [0.3, 0.4) is 0 Å². The maximum atomic E-state index is 6.17. The Morgan fingerprint density at radius 1 is 0.328 bits per heavy atom. The van der Waals surface area contributed by atoms with Gasteiger partial charge in [-0.05, 0) is 117 Å². The molecule has 0 saturated heterocycles. The molecule has 0 unspecified atom stereocenters. The third kappa shape index (κ3) is 5.98. The molecule has 3 nitrogen and oxygen atoms in total. The maximum Gasteiger partial charge on any atom is 0.135 e. The standard InChI is InChI=1S/C58H38N2O/c1-2-13-41(14-3-1)49-34-26-45(43-23-22-39-12-4-5-15-42(39)36-43)38-56(49)59(46-28-24-40(25-29-46)44-27-35-58-53(37-44)52-18-8-11-21-57(52)61-58)47-30-32-48(33-31-47)60-54-19-9-6-16-50(54)51-17-7-10-20-55(51)60/h1-38H. The van der Waals surface area contributed by atoms with Crippen LogP contribution in [0.25, 0.3) is 93.6 Å². The average Bonchev–Trinajstić information content (AvgIpc) is 3.88. The topological polar surface area (TPSA) is 21.3 Å². The Bertz CT molecular complexity index is 3520. The van der Waals surface area contributed by atoms with Crippen LogP contribution in [0.2, 0.25) is 0 Å². The number of anilines is 3. The van der Waals surface area contributed by atoms with Crippen molar-refractivity contribution < 1.29 is 4.42 Å². The van der Waals surface area contributed by atoms with Gasteiger partial charge in [-0.1, -0.05) is 152 Å². The summed E-state index contributed by atoms with van der Waals surface area (Å²) in [7, 11) is 0. The van der Waals surface area contributed by atoms with Crippen molar-refractivity contribution in [2.75, 3.05) is 4.90 Å². The zero-order valence-electron chi connectivity index (χ0n) is 33.2. The summed E-state index contributed by atoms with van der Waals surface area (Å²) in [5.74, 6) is 0. The van der Waals surface area contributed by atoms with E-state index in [1.165, 1.54) is 38.1 Å². The molecular formula is C58H38N2O. The van der Waals surface area contributed by atoms with Gasteiger partial charge in [0.05, 0.1) is 16.7 Å². The smallest absolute Gasteiger partial charge is 0.135 e. The van der Waals surface area contributed by atoms with E-state index in [4.69, 9.17) is 4.42 Å². The average molecular weight is 779 g/mol. The van der Waals surface area contributed by atoms with Crippen LogP contribution in [-0.4, -0.2) is 4.57 Å². The second-order valence-corrected chi connectivity index (χ2v) is 15.7. The third-order valence-corrected chi connectivity index (χ3v) is 12.2. The molecule has 0 bridgehead atoms. The molecule has 2 aromatic heterocycles. The Labute approximate surface area is 353 Å². The highest BCUT2D eigenvalue weighted by Gasteiger charge is 2.20. The van der Waals surface area contributed by atoms with Gasteiger partial charge >= 0.3 is 0 Å². The van der Waals surface area contributed by atoms with Gasteiger partial charge in [0.1, 0.15) is 11.2 Å². The van der Waals surface area contributed by atoms with Crippen molar-refractivity contribution in [1.82, 2.24) is 4.57 Å². The van der Waals surface area contributed by atoms with E-state index in [-0.39, 0.29) is 0 Å². The fourth-order valence-electron chi connectivity index (χ4n) is 9.21. The Kier molecular flexibility index (Phi) is 8.17. The molecule has 0 amide bonds. The molecule has 0 spiro atoms. The predicted octanol–water partition coefficient (Wildman–Crippen LogP) is 16.3. The van der Waals surface area contributed by atoms with E-state index in [0.29, 0.717) is 0 Å². The van der Waals surface area contributed by atoms with Crippen molar-refractivity contribution >= 4 is 71.6 Å². The van der Waals surface area contributed by atoms with Crippen LogP contribution < -0.4 is 4.90 Å². The summed E-state index contributed by atoms with van der Waals surface area (Å²) < 4.78 is 8.55. The minimum atomic E-state index is 0.900. The van der Waals surface area contributed by atoms with E-state index in [9.17, 15) is 0 Å². The molecule has 0 N–H and O–H groups in total. The Hall–Kier alpha value is -8.14. The van der Waals surface area contributed by atoms with Gasteiger partial charge in [0.25, 0.3) is 0 Å². The fourth-order valence-corrected chi connectivity index (χ4v) is 9.21. The summed E-state index contributed by atoms with van der Waals surface area (Å²) >= 11 is 0. The second-order valence-electron chi connectivity index (χ2n) is 15.7. The van der Waals surface area contributed by atoms with Crippen molar-refractivity contribution in [2.24, 2.45) is 0 Å². The summed E-state index contributed by atoms with van der Waals surface area (Å²) in [5, 5.41) is 7.22. The Balaban J connectivity index is 1.03. The third-order valence-electron chi connectivity index (χ3n) is 12.2. The maximum absolute atomic E-state index is 6.17. The normalized spacial score (nSPS) is 11.6. The molecule has 0 aliphatic rings. The van der Waals surface area contributed by atoms with Gasteiger partial charge in [-0.2, -0.15) is 0 Å². The van der Waals surface area contributed by atoms with Gasteiger partial charge in [-0.25, -0.2) is 0 Å². The molecule has 10 aromatic carbocycles. The van der Waals surface area contributed by atoms with Crippen LogP contribution in [-0.2, 0) is 0 Å². The molecule has 12 aromatic rings. The molecule has 2 heterocycles. The van der Waals surface area contributed by atoms with Gasteiger partial charge in [0.15, 0.2) is 0 Å². The van der Waals surface area contributed by atoms with E-state index in [1.54, 1.807) is 0 Å². The van der Waals surface area contributed by atoms with Gasteiger partial charge in [0, 0.05) is 44.2 Å². The molecule has 61 heavy (non-hydrogen) atoms. The number of rotatable bonds is 7. The molecule has 0 aliphatic heterocycles. The van der Waals surface area contributed by atoms with Crippen LogP contribution in [0, 0.1) is 0 Å². The zero-order valence-corrected chi connectivity index (χ0v) is 33.2. The lowest BCUT2D eigenvalue weighted by atomic mass is 9.95. The summed E-state index contributed by atoms with van der Waals surface area (Å²) in [5.41, 5.74) is 15.5. The molecule has 0 fully saturated rings. The second kappa shape index (κ2) is 14.3. The lowest BCUT2D eigenvalue weighted by Gasteiger charge is -2.29. The van der Waals surface area contributed by atoms with Gasteiger partial charge < -0.3 is 13.9 Å². The van der Waals surface area contributed by atoms with Gasteiger partial charge in [-0.3, -0.25) is 0 Å². The van der Waals surface area contributed by atoms with Crippen molar-refractivity contribution in [1.29, 1.82) is 0 Å². The molecule has 3 heteroatoms. The highest BCUT2D eigenvalue weighted by atomic mass is 16.3. The number of aromatic nitrogens is 1. The van der Waals surface area contributed by atoms with Crippen LogP contribution in [0.1, 0.15) is 0 Å². The van der Waals surface area contributed by atoms with Crippen LogP contribution in [0.5, 0.6) is 0 Å². The van der Waals surface area contributed by atoms with Gasteiger partial charge in [-0.15, -0.1) is 0 Å². The summed E-state index contributed by atoms with van der Waals surface area (Å²) in [6.45, 7) is 0. The van der Waals surface area contributed by atoms with Crippen LogP contribution in [0.4, 0.5) is 17.1 Å². The van der Waals surface area contributed by atoms with E-state index in [2.05, 4.69) is 228 Å². The Morgan fingerprint density at radius 2 is 0.869 bits per heavy atom. The molecule has 0 saturated carbocycles. The zero-order chi connectivity index (χ0) is 40.3. The summed E-state index contributed by atoms with van der Waals surface area (Å²) in [4.78, 5) is 2.42. The number of furan rings is 1. The number of para-hydroxylation sites is 3. The van der Waals surface area contributed by atoms with Crippen LogP contribution in [0.15, 0.2) is 235 Å². The van der Waals surface area contributed by atoms with E-state index in [1.807, 2.05) is 12.1 Å². The number of fused-ring (bicyclic) bond motifs is 7. The first-order valence-corrected chi connectivity index (χ1v) is 20.8. The monoisotopic (exact) mass is 778 g/mol. The molecule has 0 radical (unpaired) electrons. The minimum Gasteiger partial charge on any atom is -0.456 e. The van der Waals surface area contributed by atoms with Crippen molar-refractivity contribution in [3.8, 4) is 39.1 Å². The quantitative estimate of drug-likeness (QED) is 0.161.